The first-order valence-corrected chi connectivity index (χ1v) is 14.6. The first-order chi connectivity index (χ1) is 18.7. The maximum atomic E-state index is 13.9. The molecule has 3 aromatic carbocycles. The van der Waals surface area contributed by atoms with Crippen LogP contribution in [0.3, 0.4) is 0 Å². The third-order valence-electron chi connectivity index (χ3n) is 5.87. The van der Waals surface area contributed by atoms with Gasteiger partial charge in [0, 0.05) is 28.7 Å². The molecule has 0 bridgehead atoms. The molecule has 0 aliphatic heterocycles. The van der Waals surface area contributed by atoms with Gasteiger partial charge >= 0.3 is 0 Å². The lowest BCUT2D eigenvalue weighted by Crippen LogP contribution is -2.54. The number of carbonyl (C=O) groups is 2. The Morgan fingerprint density at radius 2 is 1.62 bits per heavy atom. The van der Waals surface area contributed by atoms with E-state index >= 15 is 0 Å². The van der Waals surface area contributed by atoms with Crippen LogP contribution in [0.5, 0.6) is 0 Å². The van der Waals surface area contributed by atoms with Gasteiger partial charge in [-0.15, -0.1) is 0 Å². The molecule has 10 nitrogen and oxygen atoms in total. The van der Waals surface area contributed by atoms with Crippen LogP contribution in [0.25, 0.3) is 0 Å². The summed E-state index contributed by atoms with van der Waals surface area (Å²) in [5.41, 5.74) is -0.229. The minimum atomic E-state index is -4.32. The van der Waals surface area contributed by atoms with Crippen molar-refractivity contribution in [2.24, 2.45) is 0 Å². The SMILES string of the molecule is CC(C(=O)NC(C)(C)C)N(Cc1ccc(Br)cc1)C(=O)CN(c1cccc([N+](=O)[O-])c1)S(=O)(=O)c1ccccc1. The van der Waals surface area contributed by atoms with E-state index in [1.807, 2.05) is 20.8 Å². The monoisotopic (exact) mass is 630 g/mol. The van der Waals surface area contributed by atoms with Gasteiger partial charge < -0.3 is 10.2 Å². The third kappa shape index (κ3) is 7.89. The summed E-state index contributed by atoms with van der Waals surface area (Å²) in [7, 11) is -4.32. The Hall–Kier alpha value is -3.77. The number of hydrogen-bond donors (Lipinski definition) is 1. The Kier molecular flexibility index (Phi) is 9.69. The second-order valence-electron chi connectivity index (χ2n) is 10.2. The molecule has 1 N–H and O–H groups in total. The van der Waals surface area contributed by atoms with Gasteiger partial charge in [0.1, 0.15) is 12.6 Å². The fourth-order valence-corrected chi connectivity index (χ4v) is 5.54. The van der Waals surface area contributed by atoms with Gasteiger partial charge in [-0.1, -0.05) is 52.3 Å². The van der Waals surface area contributed by atoms with E-state index in [0.717, 1.165) is 20.4 Å². The van der Waals surface area contributed by atoms with Crippen LogP contribution in [0.15, 0.2) is 88.2 Å². The van der Waals surface area contributed by atoms with Crippen molar-refractivity contribution in [2.75, 3.05) is 10.8 Å². The van der Waals surface area contributed by atoms with Gasteiger partial charge in [0.25, 0.3) is 15.7 Å². The van der Waals surface area contributed by atoms with Crippen LogP contribution in [-0.4, -0.2) is 48.2 Å². The van der Waals surface area contributed by atoms with Crippen molar-refractivity contribution < 1.29 is 22.9 Å². The minimum Gasteiger partial charge on any atom is -0.350 e. The molecule has 0 spiro atoms. The maximum Gasteiger partial charge on any atom is 0.271 e. The first-order valence-electron chi connectivity index (χ1n) is 12.4. The van der Waals surface area contributed by atoms with Gasteiger partial charge in [-0.3, -0.25) is 24.0 Å². The third-order valence-corrected chi connectivity index (χ3v) is 8.19. The molecule has 40 heavy (non-hydrogen) atoms. The van der Waals surface area contributed by atoms with E-state index in [2.05, 4.69) is 21.2 Å². The van der Waals surface area contributed by atoms with Gasteiger partial charge in [-0.2, -0.15) is 0 Å². The zero-order valence-corrected chi connectivity index (χ0v) is 25.0. The molecule has 1 atom stereocenters. The van der Waals surface area contributed by atoms with Crippen LogP contribution < -0.4 is 9.62 Å². The van der Waals surface area contributed by atoms with Crippen LogP contribution in [-0.2, 0) is 26.2 Å². The smallest absolute Gasteiger partial charge is 0.271 e. The second kappa shape index (κ2) is 12.6. The second-order valence-corrected chi connectivity index (χ2v) is 12.9. The largest absolute Gasteiger partial charge is 0.350 e. The average Bonchev–Trinajstić information content (AvgIpc) is 2.90. The number of hydrogen-bond acceptors (Lipinski definition) is 6. The Balaban J connectivity index is 2.06. The molecule has 0 aliphatic rings. The molecule has 212 valence electrons. The van der Waals surface area contributed by atoms with E-state index in [1.54, 1.807) is 49.4 Å². The van der Waals surface area contributed by atoms with Crippen molar-refractivity contribution in [3.05, 3.63) is 99.0 Å². The predicted molar refractivity (Wildman–Crippen MR) is 156 cm³/mol. The van der Waals surface area contributed by atoms with Gasteiger partial charge in [-0.05, 0) is 63.6 Å². The normalized spacial score (nSPS) is 12.3. The zero-order chi connectivity index (χ0) is 29.7. The molecule has 0 aliphatic carbocycles. The maximum absolute atomic E-state index is 13.9. The molecule has 12 heteroatoms. The number of rotatable bonds is 10. The lowest BCUT2D eigenvalue weighted by Gasteiger charge is -2.33. The van der Waals surface area contributed by atoms with Gasteiger partial charge in [0.15, 0.2) is 0 Å². The van der Waals surface area contributed by atoms with Gasteiger partial charge in [0.05, 0.1) is 15.5 Å². The number of non-ortho nitro benzene ring substituents is 1. The first kappa shape index (κ1) is 30.8. The summed E-state index contributed by atoms with van der Waals surface area (Å²) in [6.07, 6.45) is 0. The summed E-state index contributed by atoms with van der Waals surface area (Å²) in [5, 5.41) is 14.3. The molecule has 3 aromatic rings. The molecule has 0 aromatic heterocycles. The fraction of sp³-hybridized carbons (Fsp3) is 0.286. The molecule has 1 unspecified atom stereocenters. The van der Waals surface area contributed by atoms with Crippen molar-refractivity contribution in [3.63, 3.8) is 0 Å². The summed E-state index contributed by atoms with van der Waals surface area (Å²) in [4.78, 5) is 39.0. The quantitative estimate of drug-likeness (QED) is 0.251. The lowest BCUT2D eigenvalue weighted by atomic mass is 10.1. The number of nitro groups is 1. The Bertz CT molecular complexity index is 1470. The number of anilines is 1. The summed E-state index contributed by atoms with van der Waals surface area (Å²) in [6.45, 7) is 6.35. The number of halogens is 1. The van der Waals surface area contributed by atoms with Crippen molar-refractivity contribution in [3.8, 4) is 0 Å². The molecule has 0 heterocycles. The molecule has 0 saturated carbocycles. The summed E-state index contributed by atoms with van der Waals surface area (Å²) in [5.74, 6) is -1.07. The Morgan fingerprint density at radius 3 is 2.20 bits per heavy atom. The Labute approximate surface area is 242 Å². The summed E-state index contributed by atoms with van der Waals surface area (Å²) >= 11 is 3.38. The van der Waals surface area contributed by atoms with E-state index in [1.165, 1.54) is 35.2 Å². The van der Waals surface area contributed by atoms with E-state index in [-0.39, 0.29) is 22.8 Å². The minimum absolute atomic E-state index is 0.0268. The van der Waals surface area contributed by atoms with Crippen molar-refractivity contribution in [2.45, 2.75) is 50.7 Å². The van der Waals surface area contributed by atoms with Crippen molar-refractivity contribution in [1.82, 2.24) is 10.2 Å². The van der Waals surface area contributed by atoms with E-state index in [4.69, 9.17) is 0 Å². The van der Waals surface area contributed by atoms with Crippen LogP contribution in [0.4, 0.5) is 11.4 Å². The molecule has 2 amide bonds. The number of sulfonamides is 1. The van der Waals surface area contributed by atoms with Gasteiger partial charge in [-0.25, -0.2) is 8.42 Å². The highest BCUT2D eigenvalue weighted by Crippen LogP contribution is 2.27. The molecular formula is C28H31BrN4O6S. The van der Waals surface area contributed by atoms with Crippen LogP contribution in [0.2, 0.25) is 0 Å². The highest BCUT2D eigenvalue weighted by molar-refractivity contribution is 9.10. The summed E-state index contributed by atoms with van der Waals surface area (Å²) < 4.78 is 29.2. The van der Waals surface area contributed by atoms with Crippen LogP contribution in [0, 0.1) is 10.1 Å². The van der Waals surface area contributed by atoms with E-state index in [0.29, 0.717) is 0 Å². The van der Waals surface area contributed by atoms with Gasteiger partial charge in [0.2, 0.25) is 11.8 Å². The number of nitrogens with zero attached hydrogens (tertiary/aromatic N) is 3. The number of nitro benzene ring substituents is 1. The number of nitrogens with one attached hydrogen (secondary N) is 1. The Morgan fingerprint density at radius 1 is 1.00 bits per heavy atom. The van der Waals surface area contributed by atoms with Crippen LogP contribution in [0.1, 0.15) is 33.3 Å². The average molecular weight is 632 g/mol. The lowest BCUT2D eigenvalue weighted by molar-refractivity contribution is -0.384. The number of carbonyl (C=O) groups excluding carboxylic acids is 2. The standard InChI is InChI=1S/C28H31BrN4O6S/c1-20(27(35)30-28(2,3)4)31(18-21-13-15-22(29)16-14-21)26(34)19-32(23-9-8-10-24(17-23)33(36)37)40(38,39)25-11-6-5-7-12-25/h5-17,20H,18-19H2,1-4H3,(H,30,35). The van der Waals surface area contributed by atoms with Crippen LogP contribution >= 0.6 is 15.9 Å². The fourth-order valence-electron chi connectivity index (χ4n) is 3.85. The zero-order valence-electron chi connectivity index (χ0n) is 22.6. The molecule has 3 rings (SSSR count). The van der Waals surface area contributed by atoms with E-state index in [9.17, 15) is 28.1 Å². The van der Waals surface area contributed by atoms with E-state index < -0.39 is 44.9 Å². The number of benzene rings is 3. The molecule has 0 fully saturated rings. The molecule has 0 radical (unpaired) electrons. The number of amides is 2. The highest BCUT2D eigenvalue weighted by atomic mass is 79.9. The molecular weight excluding hydrogens is 600 g/mol. The van der Waals surface area contributed by atoms with Crippen molar-refractivity contribution in [1.29, 1.82) is 0 Å². The van der Waals surface area contributed by atoms with Crippen molar-refractivity contribution >= 4 is 49.1 Å². The topological polar surface area (TPSA) is 130 Å². The summed E-state index contributed by atoms with van der Waals surface area (Å²) in [6, 6.07) is 18.8. The predicted octanol–water partition coefficient (Wildman–Crippen LogP) is 4.88. The molecule has 0 saturated heterocycles. The highest BCUT2D eigenvalue weighted by Gasteiger charge is 2.33.